The molecule has 1 aliphatic rings. The Kier molecular flexibility index (Phi) is 4.93. The number of cyclic esters (lactones) is 1. The van der Waals surface area contributed by atoms with E-state index in [0.717, 1.165) is 11.1 Å². The average Bonchev–Trinajstić information content (AvgIpc) is 3.01. The largest absolute Gasteiger partial charge is 0.493 e. The smallest absolute Gasteiger partial charge is 0.363 e. The molecule has 0 atom stereocenters. The third kappa shape index (κ3) is 3.39. The van der Waals surface area contributed by atoms with E-state index in [1.807, 2.05) is 31.2 Å². The molecule has 6 heteroatoms. The topological polar surface area (TPSA) is 66.4 Å². The number of methoxy groups -OCH3 is 3. The SMILES string of the molecule is COc1cc(/C=C2\N=C(c3ccc(C)cc3)OC2=O)cc(OC)c1OC. The average molecular weight is 353 g/mol. The number of carbonyl (C=O) groups is 1. The summed E-state index contributed by atoms with van der Waals surface area (Å²) in [5, 5.41) is 0. The van der Waals surface area contributed by atoms with Crippen LogP contribution in [0.3, 0.4) is 0 Å². The fraction of sp³-hybridized carbons (Fsp3) is 0.200. The summed E-state index contributed by atoms with van der Waals surface area (Å²) in [6.45, 7) is 1.99. The van der Waals surface area contributed by atoms with Crippen molar-refractivity contribution in [3.05, 3.63) is 58.8 Å². The van der Waals surface area contributed by atoms with Crippen molar-refractivity contribution in [1.82, 2.24) is 0 Å². The van der Waals surface area contributed by atoms with Crippen molar-refractivity contribution in [2.24, 2.45) is 4.99 Å². The minimum absolute atomic E-state index is 0.204. The summed E-state index contributed by atoms with van der Waals surface area (Å²) < 4.78 is 21.2. The zero-order valence-corrected chi connectivity index (χ0v) is 15.0. The van der Waals surface area contributed by atoms with Gasteiger partial charge in [0.05, 0.1) is 21.3 Å². The normalized spacial score (nSPS) is 14.8. The summed E-state index contributed by atoms with van der Waals surface area (Å²) in [6, 6.07) is 11.1. The van der Waals surface area contributed by atoms with Crippen LogP contribution >= 0.6 is 0 Å². The zero-order chi connectivity index (χ0) is 18.7. The first kappa shape index (κ1) is 17.5. The van der Waals surface area contributed by atoms with Crippen molar-refractivity contribution in [2.75, 3.05) is 21.3 Å². The van der Waals surface area contributed by atoms with Crippen molar-refractivity contribution in [3.8, 4) is 17.2 Å². The maximum atomic E-state index is 12.2. The highest BCUT2D eigenvalue weighted by Crippen LogP contribution is 2.39. The van der Waals surface area contributed by atoms with Gasteiger partial charge in [-0.2, -0.15) is 0 Å². The summed E-state index contributed by atoms with van der Waals surface area (Å²) in [7, 11) is 4.60. The molecule has 6 nitrogen and oxygen atoms in total. The lowest BCUT2D eigenvalue weighted by Crippen LogP contribution is -2.05. The molecule has 0 saturated carbocycles. The van der Waals surface area contributed by atoms with Gasteiger partial charge in [-0.05, 0) is 42.8 Å². The standard InChI is InChI=1S/C20H19NO5/c1-12-5-7-14(8-6-12)19-21-15(20(22)26-19)9-13-10-16(23-2)18(25-4)17(11-13)24-3/h5-11H,1-4H3/b15-9-. The van der Waals surface area contributed by atoms with E-state index in [4.69, 9.17) is 18.9 Å². The zero-order valence-electron chi connectivity index (χ0n) is 15.0. The molecule has 0 aromatic heterocycles. The Labute approximate surface area is 151 Å². The highest BCUT2D eigenvalue weighted by atomic mass is 16.6. The molecule has 2 aromatic carbocycles. The van der Waals surface area contributed by atoms with Gasteiger partial charge in [0.1, 0.15) is 0 Å². The molecule has 1 heterocycles. The van der Waals surface area contributed by atoms with Crippen LogP contribution in [0.1, 0.15) is 16.7 Å². The molecule has 0 radical (unpaired) electrons. The second-order valence-electron chi connectivity index (χ2n) is 5.66. The first-order chi connectivity index (χ1) is 12.5. The highest BCUT2D eigenvalue weighted by Gasteiger charge is 2.24. The quantitative estimate of drug-likeness (QED) is 0.609. The Hall–Kier alpha value is -3.28. The molecule has 0 amide bonds. The van der Waals surface area contributed by atoms with Crippen molar-refractivity contribution >= 4 is 17.9 Å². The number of aliphatic imine (C=N–C) groups is 1. The fourth-order valence-corrected chi connectivity index (χ4v) is 2.57. The predicted molar refractivity (Wildman–Crippen MR) is 97.9 cm³/mol. The molecule has 2 aromatic rings. The van der Waals surface area contributed by atoms with Gasteiger partial charge in [-0.3, -0.25) is 0 Å². The monoisotopic (exact) mass is 353 g/mol. The van der Waals surface area contributed by atoms with Crippen LogP contribution in [0.2, 0.25) is 0 Å². The van der Waals surface area contributed by atoms with Crippen LogP contribution in [0, 0.1) is 6.92 Å². The van der Waals surface area contributed by atoms with Crippen molar-refractivity contribution in [2.45, 2.75) is 6.92 Å². The molecule has 3 rings (SSSR count). The lowest BCUT2D eigenvalue weighted by Gasteiger charge is -2.12. The minimum Gasteiger partial charge on any atom is -0.493 e. The first-order valence-corrected chi connectivity index (χ1v) is 7.95. The number of hydrogen-bond donors (Lipinski definition) is 0. The Bertz CT molecular complexity index is 872. The summed E-state index contributed by atoms with van der Waals surface area (Å²) in [4.78, 5) is 16.5. The van der Waals surface area contributed by atoms with E-state index in [1.54, 1.807) is 18.2 Å². The number of esters is 1. The Morgan fingerprint density at radius 3 is 2.12 bits per heavy atom. The second kappa shape index (κ2) is 7.31. The molecule has 0 saturated heterocycles. The van der Waals surface area contributed by atoms with Crippen LogP contribution in [0.15, 0.2) is 47.1 Å². The summed E-state index contributed by atoms with van der Waals surface area (Å²) in [5.41, 5.74) is 2.75. The predicted octanol–water partition coefficient (Wildman–Crippen LogP) is 3.37. The third-order valence-electron chi connectivity index (χ3n) is 3.91. The van der Waals surface area contributed by atoms with Gasteiger partial charge in [-0.1, -0.05) is 17.7 Å². The van der Waals surface area contributed by atoms with Crippen LogP contribution in [0.5, 0.6) is 17.2 Å². The minimum atomic E-state index is -0.505. The summed E-state index contributed by atoms with van der Waals surface area (Å²) in [5.74, 6) is 1.25. The molecule has 0 unspecified atom stereocenters. The van der Waals surface area contributed by atoms with Gasteiger partial charge in [0.15, 0.2) is 17.2 Å². The van der Waals surface area contributed by atoms with E-state index >= 15 is 0 Å². The van der Waals surface area contributed by atoms with E-state index < -0.39 is 5.97 Å². The van der Waals surface area contributed by atoms with E-state index in [1.165, 1.54) is 21.3 Å². The number of ether oxygens (including phenoxy) is 4. The van der Waals surface area contributed by atoms with Gasteiger partial charge in [0.2, 0.25) is 11.6 Å². The van der Waals surface area contributed by atoms with Gasteiger partial charge < -0.3 is 18.9 Å². The van der Waals surface area contributed by atoms with Crippen LogP contribution in [-0.2, 0) is 9.53 Å². The molecule has 0 aliphatic carbocycles. The van der Waals surface area contributed by atoms with Crippen LogP contribution in [0.25, 0.3) is 6.08 Å². The van der Waals surface area contributed by atoms with E-state index in [0.29, 0.717) is 22.8 Å². The van der Waals surface area contributed by atoms with Crippen molar-refractivity contribution < 1.29 is 23.7 Å². The molecule has 26 heavy (non-hydrogen) atoms. The number of hydrogen-bond acceptors (Lipinski definition) is 6. The second-order valence-corrected chi connectivity index (χ2v) is 5.66. The lowest BCUT2D eigenvalue weighted by atomic mass is 10.1. The number of benzene rings is 2. The molecular weight excluding hydrogens is 334 g/mol. The number of rotatable bonds is 5. The fourth-order valence-electron chi connectivity index (χ4n) is 2.57. The van der Waals surface area contributed by atoms with Crippen molar-refractivity contribution in [3.63, 3.8) is 0 Å². The van der Waals surface area contributed by atoms with Gasteiger partial charge in [-0.25, -0.2) is 9.79 Å². The molecule has 0 bridgehead atoms. The van der Waals surface area contributed by atoms with Gasteiger partial charge in [-0.15, -0.1) is 0 Å². The maximum Gasteiger partial charge on any atom is 0.363 e. The molecule has 0 N–H and O–H groups in total. The summed E-state index contributed by atoms with van der Waals surface area (Å²) >= 11 is 0. The Morgan fingerprint density at radius 1 is 0.962 bits per heavy atom. The van der Waals surface area contributed by atoms with E-state index in [9.17, 15) is 4.79 Å². The van der Waals surface area contributed by atoms with E-state index in [-0.39, 0.29) is 11.6 Å². The van der Waals surface area contributed by atoms with Crippen LogP contribution < -0.4 is 14.2 Å². The van der Waals surface area contributed by atoms with E-state index in [2.05, 4.69) is 4.99 Å². The first-order valence-electron chi connectivity index (χ1n) is 7.95. The van der Waals surface area contributed by atoms with Crippen molar-refractivity contribution in [1.29, 1.82) is 0 Å². The molecule has 1 aliphatic heterocycles. The molecule has 134 valence electrons. The Morgan fingerprint density at radius 2 is 1.58 bits per heavy atom. The van der Waals surface area contributed by atoms with Crippen LogP contribution in [-0.4, -0.2) is 33.2 Å². The maximum absolute atomic E-state index is 12.2. The molecule has 0 spiro atoms. The number of nitrogens with zero attached hydrogens (tertiary/aromatic N) is 1. The van der Waals surface area contributed by atoms with Gasteiger partial charge in [0, 0.05) is 5.56 Å². The Balaban J connectivity index is 1.99. The molecular formula is C20H19NO5. The lowest BCUT2D eigenvalue weighted by molar-refractivity contribution is -0.129. The third-order valence-corrected chi connectivity index (χ3v) is 3.91. The van der Waals surface area contributed by atoms with Gasteiger partial charge in [0.25, 0.3) is 0 Å². The summed E-state index contributed by atoms with van der Waals surface area (Å²) in [6.07, 6.45) is 1.62. The number of aryl methyl sites for hydroxylation is 1. The molecule has 0 fully saturated rings. The number of carbonyl (C=O) groups excluding carboxylic acids is 1. The highest BCUT2D eigenvalue weighted by molar-refractivity contribution is 6.12. The van der Waals surface area contributed by atoms with Gasteiger partial charge >= 0.3 is 5.97 Å². The van der Waals surface area contributed by atoms with Crippen LogP contribution in [0.4, 0.5) is 0 Å².